The Balaban J connectivity index is 1.60. The summed E-state index contributed by atoms with van der Waals surface area (Å²) in [6.45, 7) is -0.342. The number of benzene rings is 2. The lowest BCUT2D eigenvalue weighted by atomic mass is 10.2. The van der Waals surface area contributed by atoms with Gasteiger partial charge >= 0.3 is 5.97 Å². The molecule has 0 fully saturated rings. The van der Waals surface area contributed by atoms with Crippen molar-refractivity contribution in [3.63, 3.8) is 0 Å². The van der Waals surface area contributed by atoms with Gasteiger partial charge < -0.3 is 14.4 Å². The molecule has 2 N–H and O–H groups in total. The molecule has 7 nitrogen and oxygen atoms in total. The number of ether oxygens (including phenoxy) is 1. The SMILES string of the molecule is O=C(COc1cc(Cl)cc(Cl)c1Cl)N/N=C\c1cccn1-c1ccc(C(=O)O)cc1. The topological polar surface area (TPSA) is 92.9 Å². The summed E-state index contributed by atoms with van der Waals surface area (Å²) in [6.07, 6.45) is 3.24. The lowest BCUT2D eigenvalue weighted by molar-refractivity contribution is -0.123. The minimum Gasteiger partial charge on any atom is -0.482 e. The zero-order valence-electron chi connectivity index (χ0n) is 15.2. The lowest BCUT2D eigenvalue weighted by Gasteiger charge is -2.09. The molecule has 3 rings (SSSR count). The van der Waals surface area contributed by atoms with E-state index in [-0.39, 0.29) is 28.0 Å². The summed E-state index contributed by atoms with van der Waals surface area (Å²) in [5.41, 5.74) is 3.95. The zero-order valence-corrected chi connectivity index (χ0v) is 17.4. The van der Waals surface area contributed by atoms with Crippen LogP contribution in [0.25, 0.3) is 5.69 Å². The molecule has 0 saturated carbocycles. The van der Waals surface area contributed by atoms with E-state index in [2.05, 4.69) is 10.5 Å². The minimum atomic E-state index is -0.998. The molecule has 0 aliphatic carbocycles. The third-order valence-corrected chi connectivity index (χ3v) is 4.88. The number of hydrogen-bond acceptors (Lipinski definition) is 4. The fourth-order valence-corrected chi connectivity index (χ4v) is 3.12. The van der Waals surface area contributed by atoms with Gasteiger partial charge in [0.1, 0.15) is 10.8 Å². The van der Waals surface area contributed by atoms with Gasteiger partial charge in [0.15, 0.2) is 6.61 Å². The summed E-state index contributed by atoms with van der Waals surface area (Å²) < 4.78 is 7.11. The van der Waals surface area contributed by atoms with Crippen LogP contribution in [0.3, 0.4) is 0 Å². The number of halogens is 3. The first kappa shape index (κ1) is 21.7. The van der Waals surface area contributed by atoms with Crippen molar-refractivity contribution in [1.82, 2.24) is 9.99 Å². The van der Waals surface area contributed by atoms with Crippen LogP contribution in [0.5, 0.6) is 5.75 Å². The second-order valence-electron chi connectivity index (χ2n) is 5.94. The van der Waals surface area contributed by atoms with E-state index in [1.54, 1.807) is 35.0 Å². The van der Waals surface area contributed by atoms with Crippen LogP contribution in [0.4, 0.5) is 0 Å². The number of rotatable bonds is 7. The van der Waals surface area contributed by atoms with Crippen LogP contribution in [-0.2, 0) is 4.79 Å². The minimum absolute atomic E-state index is 0.157. The highest BCUT2D eigenvalue weighted by molar-refractivity contribution is 6.44. The number of carboxylic acid groups (broad SMARTS) is 1. The van der Waals surface area contributed by atoms with Crippen molar-refractivity contribution in [3.05, 3.63) is 81.1 Å². The number of nitrogens with one attached hydrogen (secondary N) is 1. The number of aromatic carboxylic acids is 1. The van der Waals surface area contributed by atoms with E-state index in [4.69, 9.17) is 44.6 Å². The second kappa shape index (κ2) is 9.67. The molecule has 0 spiro atoms. The van der Waals surface area contributed by atoms with E-state index >= 15 is 0 Å². The van der Waals surface area contributed by atoms with E-state index in [0.29, 0.717) is 10.7 Å². The van der Waals surface area contributed by atoms with E-state index in [0.717, 1.165) is 5.69 Å². The van der Waals surface area contributed by atoms with E-state index in [1.165, 1.54) is 30.5 Å². The molecule has 0 unspecified atom stereocenters. The quantitative estimate of drug-likeness (QED) is 0.301. The van der Waals surface area contributed by atoms with Gasteiger partial charge in [0.05, 0.1) is 22.5 Å². The van der Waals surface area contributed by atoms with Crippen LogP contribution in [0.1, 0.15) is 16.1 Å². The van der Waals surface area contributed by atoms with Gasteiger partial charge in [-0.1, -0.05) is 34.8 Å². The molecule has 10 heteroatoms. The van der Waals surface area contributed by atoms with E-state index in [1.807, 2.05) is 0 Å². The third kappa shape index (κ3) is 5.33. The molecule has 0 aliphatic rings. The van der Waals surface area contributed by atoms with Crippen molar-refractivity contribution in [1.29, 1.82) is 0 Å². The maximum atomic E-state index is 12.0. The second-order valence-corrected chi connectivity index (χ2v) is 7.16. The smallest absolute Gasteiger partial charge is 0.335 e. The molecular formula is C20H14Cl3N3O4. The third-order valence-electron chi connectivity index (χ3n) is 3.88. The summed E-state index contributed by atoms with van der Waals surface area (Å²) in [6, 6.07) is 12.9. The number of nitrogens with zero attached hydrogens (tertiary/aromatic N) is 2. The Morgan fingerprint density at radius 1 is 1.13 bits per heavy atom. The first-order chi connectivity index (χ1) is 14.3. The fourth-order valence-electron chi connectivity index (χ4n) is 2.48. The maximum Gasteiger partial charge on any atom is 0.335 e. The van der Waals surface area contributed by atoms with Crippen LogP contribution < -0.4 is 10.2 Å². The highest BCUT2D eigenvalue weighted by atomic mass is 35.5. The van der Waals surface area contributed by atoms with Gasteiger partial charge in [0.25, 0.3) is 5.91 Å². The van der Waals surface area contributed by atoms with Crippen LogP contribution in [0.2, 0.25) is 15.1 Å². The fraction of sp³-hybridized carbons (Fsp3) is 0.0500. The van der Waals surface area contributed by atoms with Crippen molar-refractivity contribution < 1.29 is 19.4 Å². The Bertz CT molecular complexity index is 1110. The number of amides is 1. The number of carbonyl (C=O) groups excluding carboxylic acids is 1. The Kier molecular flexibility index (Phi) is 6.99. The molecule has 2 aromatic carbocycles. The van der Waals surface area contributed by atoms with Crippen LogP contribution in [0, 0.1) is 0 Å². The van der Waals surface area contributed by atoms with Crippen molar-refractivity contribution in [3.8, 4) is 11.4 Å². The zero-order chi connectivity index (χ0) is 21.7. The Hall–Kier alpha value is -3.00. The average molecular weight is 467 g/mol. The monoisotopic (exact) mass is 465 g/mol. The predicted molar refractivity (Wildman–Crippen MR) is 115 cm³/mol. The number of carbonyl (C=O) groups is 2. The van der Waals surface area contributed by atoms with Crippen LogP contribution in [0.15, 0.2) is 59.8 Å². The van der Waals surface area contributed by atoms with Crippen molar-refractivity contribution in [2.75, 3.05) is 6.61 Å². The summed E-state index contributed by atoms with van der Waals surface area (Å²) >= 11 is 17.8. The number of aromatic nitrogens is 1. The first-order valence-corrected chi connectivity index (χ1v) is 9.59. The normalized spacial score (nSPS) is 10.9. The van der Waals surface area contributed by atoms with Gasteiger partial charge in [-0.15, -0.1) is 0 Å². The molecule has 0 radical (unpaired) electrons. The summed E-state index contributed by atoms with van der Waals surface area (Å²) in [7, 11) is 0. The molecule has 0 atom stereocenters. The molecule has 0 aliphatic heterocycles. The Morgan fingerprint density at radius 2 is 1.87 bits per heavy atom. The van der Waals surface area contributed by atoms with Crippen molar-refractivity contribution >= 4 is 52.9 Å². The molecule has 3 aromatic rings. The van der Waals surface area contributed by atoms with Gasteiger partial charge in [0, 0.05) is 23.0 Å². The van der Waals surface area contributed by atoms with Gasteiger partial charge in [-0.2, -0.15) is 5.10 Å². The van der Waals surface area contributed by atoms with E-state index < -0.39 is 11.9 Å². The van der Waals surface area contributed by atoms with Crippen molar-refractivity contribution in [2.24, 2.45) is 5.10 Å². The standard InChI is InChI=1S/C20H14Cl3N3O4/c21-13-8-16(22)19(23)17(9-13)30-11-18(27)25-24-10-15-2-1-7-26(15)14-5-3-12(4-6-14)20(28)29/h1-10H,11H2,(H,25,27)(H,28,29)/b24-10-. The highest BCUT2D eigenvalue weighted by Gasteiger charge is 2.10. The largest absolute Gasteiger partial charge is 0.482 e. The highest BCUT2D eigenvalue weighted by Crippen LogP contribution is 2.35. The molecule has 1 amide bonds. The molecular weight excluding hydrogens is 453 g/mol. The molecule has 0 bridgehead atoms. The number of carboxylic acids is 1. The van der Waals surface area contributed by atoms with Crippen LogP contribution in [-0.4, -0.2) is 34.4 Å². The number of hydrogen-bond donors (Lipinski definition) is 2. The molecule has 1 heterocycles. The summed E-state index contributed by atoms with van der Waals surface area (Å²) in [5.74, 6) is -1.32. The van der Waals surface area contributed by atoms with Gasteiger partial charge in [0.2, 0.25) is 0 Å². The Morgan fingerprint density at radius 3 is 2.57 bits per heavy atom. The molecule has 0 saturated heterocycles. The lowest BCUT2D eigenvalue weighted by Crippen LogP contribution is -2.24. The van der Waals surface area contributed by atoms with Gasteiger partial charge in [-0.25, -0.2) is 10.2 Å². The average Bonchev–Trinajstić information content (AvgIpc) is 3.18. The predicted octanol–water partition coefficient (Wildman–Crippen LogP) is 4.66. The maximum absolute atomic E-state index is 12.0. The van der Waals surface area contributed by atoms with Gasteiger partial charge in [-0.05, 0) is 42.5 Å². The van der Waals surface area contributed by atoms with Crippen molar-refractivity contribution in [2.45, 2.75) is 0 Å². The molecule has 154 valence electrons. The van der Waals surface area contributed by atoms with Gasteiger partial charge in [-0.3, -0.25) is 4.79 Å². The summed E-state index contributed by atoms with van der Waals surface area (Å²) in [5, 5.41) is 13.6. The van der Waals surface area contributed by atoms with Crippen LogP contribution >= 0.6 is 34.8 Å². The Labute approximate surface area is 186 Å². The molecule has 1 aromatic heterocycles. The first-order valence-electron chi connectivity index (χ1n) is 8.45. The number of hydrazone groups is 1. The van der Waals surface area contributed by atoms with E-state index in [9.17, 15) is 9.59 Å². The summed E-state index contributed by atoms with van der Waals surface area (Å²) in [4.78, 5) is 22.9. The molecule has 30 heavy (non-hydrogen) atoms.